The highest BCUT2D eigenvalue weighted by molar-refractivity contribution is 5.84. The molecule has 4 aliphatic carbocycles. The average Bonchev–Trinajstić information content (AvgIpc) is 2.82. The molecule has 4 heteroatoms. The SMILES string of the molecule is CCN(C(=O)C12CC3CC(C)(CC(C)(C3)C1)C2)[C@H]1COC[C@@H]1O. The third kappa shape index (κ3) is 2.36. The molecule has 1 N–H and O–H groups in total. The van der Waals surface area contributed by atoms with E-state index in [1.807, 2.05) is 11.8 Å². The average molecular weight is 321 g/mol. The van der Waals surface area contributed by atoms with Crippen molar-refractivity contribution in [3.63, 3.8) is 0 Å². The van der Waals surface area contributed by atoms with Crippen LogP contribution in [-0.2, 0) is 9.53 Å². The highest BCUT2D eigenvalue weighted by atomic mass is 16.5. The van der Waals surface area contributed by atoms with Gasteiger partial charge in [0.15, 0.2) is 0 Å². The van der Waals surface area contributed by atoms with Crippen LogP contribution < -0.4 is 0 Å². The topological polar surface area (TPSA) is 49.8 Å². The number of hydrogen-bond acceptors (Lipinski definition) is 3. The van der Waals surface area contributed by atoms with E-state index in [0.717, 1.165) is 19.3 Å². The molecule has 0 aromatic carbocycles. The predicted octanol–water partition coefficient (Wildman–Crippen LogP) is 2.59. The molecular formula is C19H31NO3. The minimum absolute atomic E-state index is 0.152. The molecule has 4 nitrogen and oxygen atoms in total. The minimum Gasteiger partial charge on any atom is -0.388 e. The lowest BCUT2D eigenvalue weighted by atomic mass is 9.40. The molecule has 1 saturated heterocycles. The third-order valence-electron chi connectivity index (χ3n) is 7.10. The molecule has 0 radical (unpaired) electrons. The Morgan fingerprint density at radius 1 is 1.13 bits per heavy atom. The number of nitrogens with zero attached hydrogens (tertiary/aromatic N) is 1. The van der Waals surface area contributed by atoms with E-state index in [1.54, 1.807) is 0 Å². The van der Waals surface area contributed by atoms with Crippen LogP contribution in [0.15, 0.2) is 0 Å². The summed E-state index contributed by atoms with van der Waals surface area (Å²) in [5, 5.41) is 10.2. The monoisotopic (exact) mass is 321 g/mol. The molecule has 4 saturated carbocycles. The van der Waals surface area contributed by atoms with Crippen LogP contribution in [0.2, 0.25) is 0 Å². The van der Waals surface area contributed by atoms with Gasteiger partial charge in [0.2, 0.25) is 5.91 Å². The lowest BCUT2D eigenvalue weighted by molar-refractivity contribution is -0.182. The quantitative estimate of drug-likeness (QED) is 0.869. The van der Waals surface area contributed by atoms with Gasteiger partial charge in [0.25, 0.3) is 0 Å². The van der Waals surface area contributed by atoms with E-state index in [9.17, 15) is 9.90 Å². The molecule has 1 amide bonds. The number of amides is 1. The smallest absolute Gasteiger partial charge is 0.229 e. The zero-order valence-corrected chi connectivity index (χ0v) is 14.8. The van der Waals surface area contributed by atoms with Crippen molar-refractivity contribution in [1.82, 2.24) is 4.90 Å². The summed E-state index contributed by atoms with van der Waals surface area (Å²) in [6, 6.07) is -0.152. The van der Waals surface area contributed by atoms with Gasteiger partial charge in [0.05, 0.1) is 30.8 Å². The summed E-state index contributed by atoms with van der Waals surface area (Å²) < 4.78 is 5.42. The predicted molar refractivity (Wildman–Crippen MR) is 87.8 cm³/mol. The molecule has 5 rings (SSSR count). The molecular weight excluding hydrogens is 290 g/mol. The lowest BCUT2D eigenvalue weighted by Gasteiger charge is -2.65. The largest absolute Gasteiger partial charge is 0.388 e. The number of aliphatic hydroxyl groups excluding tert-OH is 1. The van der Waals surface area contributed by atoms with Crippen LogP contribution in [0.4, 0.5) is 0 Å². The fourth-order valence-corrected chi connectivity index (χ4v) is 7.35. The highest BCUT2D eigenvalue weighted by Gasteiger charge is 2.63. The Hall–Kier alpha value is -0.610. The number of carbonyl (C=O) groups is 1. The van der Waals surface area contributed by atoms with Gasteiger partial charge >= 0.3 is 0 Å². The van der Waals surface area contributed by atoms with Gasteiger partial charge < -0.3 is 14.7 Å². The first-order valence-electron chi connectivity index (χ1n) is 9.35. The van der Waals surface area contributed by atoms with Crippen molar-refractivity contribution in [2.45, 2.75) is 71.4 Å². The first-order valence-corrected chi connectivity index (χ1v) is 9.35. The fraction of sp³-hybridized carbons (Fsp3) is 0.947. The van der Waals surface area contributed by atoms with Crippen molar-refractivity contribution >= 4 is 5.91 Å². The summed E-state index contributed by atoms with van der Waals surface area (Å²) in [6.07, 6.45) is 6.52. The maximum atomic E-state index is 13.6. The number of rotatable bonds is 3. The van der Waals surface area contributed by atoms with Gasteiger partial charge in [-0.2, -0.15) is 0 Å². The second-order valence-corrected chi connectivity index (χ2v) is 9.67. The Kier molecular flexibility index (Phi) is 3.42. The highest BCUT2D eigenvalue weighted by Crippen LogP contribution is 2.69. The minimum atomic E-state index is -0.529. The van der Waals surface area contributed by atoms with E-state index in [1.165, 1.54) is 19.3 Å². The molecule has 23 heavy (non-hydrogen) atoms. The fourth-order valence-electron chi connectivity index (χ4n) is 7.35. The number of likely N-dealkylation sites (N-methyl/N-ethyl adjacent to an activating group) is 1. The summed E-state index contributed by atoms with van der Waals surface area (Å²) in [4.78, 5) is 15.5. The van der Waals surface area contributed by atoms with E-state index < -0.39 is 6.10 Å². The van der Waals surface area contributed by atoms with Crippen LogP contribution in [0.3, 0.4) is 0 Å². The van der Waals surface area contributed by atoms with Gasteiger partial charge in [-0.1, -0.05) is 13.8 Å². The van der Waals surface area contributed by atoms with Gasteiger partial charge in [-0.15, -0.1) is 0 Å². The molecule has 2 unspecified atom stereocenters. The van der Waals surface area contributed by atoms with Gasteiger partial charge in [-0.05, 0) is 62.2 Å². The molecule has 5 fully saturated rings. The Labute approximate surface area is 139 Å². The van der Waals surface area contributed by atoms with E-state index in [2.05, 4.69) is 13.8 Å². The van der Waals surface area contributed by atoms with Crippen LogP contribution in [0.1, 0.15) is 59.3 Å². The Morgan fingerprint density at radius 2 is 1.78 bits per heavy atom. The summed E-state index contributed by atoms with van der Waals surface area (Å²) in [5.41, 5.74) is 0.503. The van der Waals surface area contributed by atoms with Crippen LogP contribution in [0.5, 0.6) is 0 Å². The van der Waals surface area contributed by atoms with Crippen molar-refractivity contribution < 1.29 is 14.6 Å². The van der Waals surface area contributed by atoms with Crippen molar-refractivity contribution in [1.29, 1.82) is 0 Å². The summed E-state index contributed by atoms with van der Waals surface area (Å²) in [6.45, 7) is 8.36. The van der Waals surface area contributed by atoms with Crippen molar-refractivity contribution in [3.05, 3.63) is 0 Å². The van der Waals surface area contributed by atoms with Crippen LogP contribution >= 0.6 is 0 Å². The number of ether oxygens (including phenoxy) is 1. The normalized spacial score (nSPS) is 51.2. The standard InChI is InChI=1S/C19H31NO3/c1-4-20(14-8-23-9-15(14)21)16(22)19-7-13-5-17(2,11-19)10-18(3,6-13)12-19/h13-15,21H,4-12H2,1-3H3/t13?,14-,15-,17?,18?,19?/m0/s1. The first kappa shape index (κ1) is 15.9. The van der Waals surface area contributed by atoms with Gasteiger partial charge in [-0.3, -0.25) is 4.79 Å². The van der Waals surface area contributed by atoms with Gasteiger partial charge in [0, 0.05) is 6.54 Å². The number of hydrogen-bond donors (Lipinski definition) is 1. The summed E-state index contributed by atoms with van der Waals surface area (Å²) in [7, 11) is 0. The Morgan fingerprint density at radius 3 is 2.26 bits per heavy atom. The van der Waals surface area contributed by atoms with Crippen molar-refractivity contribution in [3.8, 4) is 0 Å². The molecule has 0 aromatic heterocycles. The summed E-state index contributed by atoms with van der Waals surface area (Å²) in [5.74, 6) is 1.02. The number of carbonyl (C=O) groups excluding carboxylic acids is 1. The maximum absolute atomic E-state index is 13.6. The van der Waals surface area contributed by atoms with E-state index in [-0.39, 0.29) is 11.5 Å². The van der Waals surface area contributed by atoms with Crippen molar-refractivity contribution in [2.75, 3.05) is 19.8 Å². The zero-order chi connectivity index (χ0) is 16.5. The van der Waals surface area contributed by atoms with Gasteiger partial charge in [-0.25, -0.2) is 0 Å². The Balaban J connectivity index is 1.64. The molecule has 1 heterocycles. The van der Waals surface area contributed by atoms with E-state index in [0.29, 0.717) is 42.4 Å². The molecule has 5 aliphatic rings. The molecule has 4 atom stereocenters. The van der Waals surface area contributed by atoms with Crippen LogP contribution in [0, 0.1) is 22.2 Å². The van der Waals surface area contributed by atoms with Crippen LogP contribution in [0.25, 0.3) is 0 Å². The zero-order valence-electron chi connectivity index (χ0n) is 14.8. The lowest BCUT2D eigenvalue weighted by Crippen LogP contribution is -2.62. The molecule has 1 aliphatic heterocycles. The second-order valence-electron chi connectivity index (χ2n) is 9.67. The number of aliphatic hydroxyl groups is 1. The molecule has 4 bridgehead atoms. The molecule has 0 spiro atoms. The maximum Gasteiger partial charge on any atom is 0.229 e. The van der Waals surface area contributed by atoms with Crippen molar-refractivity contribution in [2.24, 2.45) is 22.2 Å². The molecule has 0 aromatic rings. The summed E-state index contributed by atoms with van der Waals surface area (Å²) >= 11 is 0. The van der Waals surface area contributed by atoms with E-state index >= 15 is 0 Å². The molecule has 130 valence electrons. The van der Waals surface area contributed by atoms with E-state index in [4.69, 9.17) is 4.74 Å². The Bertz CT molecular complexity index is 501. The van der Waals surface area contributed by atoms with Gasteiger partial charge in [0.1, 0.15) is 0 Å². The second kappa shape index (κ2) is 4.95. The van der Waals surface area contributed by atoms with Crippen LogP contribution in [-0.4, -0.2) is 47.8 Å². The third-order valence-corrected chi connectivity index (χ3v) is 7.10. The first-order chi connectivity index (χ1) is 10.8.